The third-order valence-electron chi connectivity index (χ3n) is 4.02. The molecule has 2 aliphatic rings. The van der Waals surface area contributed by atoms with E-state index in [0.29, 0.717) is 17.3 Å². The van der Waals surface area contributed by atoms with Crippen LogP contribution >= 0.6 is 0 Å². The molecular formula is C10H18O. The Balaban J connectivity index is 2.12. The first-order valence-electron chi connectivity index (χ1n) is 4.73. The molecule has 4 atom stereocenters. The highest BCUT2D eigenvalue weighted by Gasteiger charge is 2.62. The summed E-state index contributed by atoms with van der Waals surface area (Å²) in [7, 11) is 0. The van der Waals surface area contributed by atoms with Crippen molar-refractivity contribution in [3.8, 4) is 0 Å². The van der Waals surface area contributed by atoms with Crippen molar-refractivity contribution in [3.05, 3.63) is 0 Å². The van der Waals surface area contributed by atoms with Crippen LogP contribution in [0.2, 0.25) is 0 Å². The minimum Gasteiger partial charge on any atom is -0.393 e. The summed E-state index contributed by atoms with van der Waals surface area (Å²) in [5.41, 5.74) is 0.449. The highest BCUT2D eigenvalue weighted by molar-refractivity contribution is 5.11. The lowest BCUT2D eigenvalue weighted by molar-refractivity contribution is 0.0612. The van der Waals surface area contributed by atoms with Crippen LogP contribution in [0, 0.1) is 23.2 Å². The van der Waals surface area contributed by atoms with Crippen molar-refractivity contribution in [2.24, 2.45) is 23.2 Å². The molecule has 2 fully saturated rings. The molecule has 64 valence electrons. The third-order valence-corrected chi connectivity index (χ3v) is 4.02. The van der Waals surface area contributed by atoms with E-state index in [0.717, 1.165) is 5.92 Å². The summed E-state index contributed by atoms with van der Waals surface area (Å²) in [4.78, 5) is 0. The van der Waals surface area contributed by atoms with Gasteiger partial charge >= 0.3 is 0 Å². The minimum absolute atomic E-state index is 0.0104. The van der Waals surface area contributed by atoms with Crippen LogP contribution < -0.4 is 0 Å². The van der Waals surface area contributed by atoms with Crippen molar-refractivity contribution in [2.75, 3.05) is 0 Å². The van der Waals surface area contributed by atoms with Crippen molar-refractivity contribution in [1.82, 2.24) is 0 Å². The lowest BCUT2D eigenvalue weighted by Crippen LogP contribution is -2.25. The number of rotatable bonds is 0. The summed E-state index contributed by atoms with van der Waals surface area (Å²) in [6, 6.07) is 0. The molecule has 0 aromatic heterocycles. The Morgan fingerprint density at radius 1 is 1.27 bits per heavy atom. The first-order chi connectivity index (χ1) is 5.05. The highest BCUT2D eigenvalue weighted by atomic mass is 16.3. The first kappa shape index (κ1) is 7.60. The van der Waals surface area contributed by atoms with E-state index in [-0.39, 0.29) is 6.10 Å². The Bertz CT molecular complexity index is 174. The number of hydrogen-bond donors (Lipinski definition) is 1. The van der Waals surface area contributed by atoms with Crippen molar-refractivity contribution in [1.29, 1.82) is 0 Å². The maximum atomic E-state index is 9.82. The van der Waals surface area contributed by atoms with Crippen molar-refractivity contribution < 1.29 is 5.11 Å². The minimum atomic E-state index is -0.0104. The molecule has 0 heterocycles. The topological polar surface area (TPSA) is 20.2 Å². The fourth-order valence-electron chi connectivity index (χ4n) is 2.98. The number of aliphatic hydroxyl groups excluding tert-OH is 1. The molecular weight excluding hydrogens is 136 g/mol. The standard InChI is InChI=1S/C10H18O/c1-6-4-5-7-8(9(6)11)10(7,2)3/h6-9,11H,4-5H2,1-3H3/t6-,7+,8+,9-/m0/s1. The zero-order valence-electron chi connectivity index (χ0n) is 7.67. The molecule has 0 aliphatic heterocycles. The first-order valence-corrected chi connectivity index (χ1v) is 4.73. The van der Waals surface area contributed by atoms with Gasteiger partial charge in [0, 0.05) is 0 Å². The molecule has 0 unspecified atom stereocenters. The smallest absolute Gasteiger partial charge is 0.0601 e. The quantitative estimate of drug-likeness (QED) is 0.566. The van der Waals surface area contributed by atoms with Crippen molar-refractivity contribution in [3.63, 3.8) is 0 Å². The fourth-order valence-corrected chi connectivity index (χ4v) is 2.98. The molecule has 1 N–H and O–H groups in total. The number of fused-ring (bicyclic) bond motifs is 1. The summed E-state index contributed by atoms with van der Waals surface area (Å²) in [6.07, 6.45) is 2.56. The SMILES string of the molecule is C[C@H]1CC[C@@H]2[C@H]([C@H]1O)C2(C)C. The monoisotopic (exact) mass is 154 g/mol. The zero-order chi connectivity index (χ0) is 8.22. The van der Waals surface area contributed by atoms with Crippen LogP contribution in [0.25, 0.3) is 0 Å². The molecule has 0 saturated heterocycles. The molecule has 0 aromatic rings. The Hall–Kier alpha value is -0.0400. The van der Waals surface area contributed by atoms with Gasteiger partial charge in [-0.2, -0.15) is 0 Å². The predicted octanol–water partition coefficient (Wildman–Crippen LogP) is 2.05. The van der Waals surface area contributed by atoms with Crippen LogP contribution in [-0.4, -0.2) is 11.2 Å². The van der Waals surface area contributed by atoms with E-state index in [4.69, 9.17) is 0 Å². The molecule has 0 bridgehead atoms. The van der Waals surface area contributed by atoms with Crippen LogP contribution in [0.1, 0.15) is 33.6 Å². The van der Waals surface area contributed by atoms with E-state index in [1.54, 1.807) is 0 Å². The van der Waals surface area contributed by atoms with Gasteiger partial charge < -0.3 is 5.11 Å². The van der Waals surface area contributed by atoms with E-state index in [2.05, 4.69) is 20.8 Å². The second-order valence-electron chi connectivity index (χ2n) is 5.00. The second kappa shape index (κ2) is 2.01. The van der Waals surface area contributed by atoms with Crippen LogP contribution in [0.4, 0.5) is 0 Å². The average molecular weight is 154 g/mol. The summed E-state index contributed by atoms with van der Waals surface area (Å²) < 4.78 is 0. The third kappa shape index (κ3) is 0.868. The molecule has 2 aliphatic carbocycles. The van der Waals surface area contributed by atoms with Gasteiger partial charge in [-0.15, -0.1) is 0 Å². The Labute approximate surface area is 68.8 Å². The van der Waals surface area contributed by atoms with E-state index in [9.17, 15) is 5.11 Å². The summed E-state index contributed by atoms with van der Waals surface area (Å²) >= 11 is 0. The molecule has 2 saturated carbocycles. The van der Waals surface area contributed by atoms with Crippen LogP contribution in [0.5, 0.6) is 0 Å². The number of aliphatic hydroxyl groups is 1. The average Bonchev–Trinajstić information content (AvgIpc) is 2.46. The van der Waals surface area contributed by atoms with Gasteiger partial charge in [0.25, 0.3) is 0 Å². The van der Waals surface area contributed by atoms with Crippen molar-refractivity contribution in [2.45, 2.75) is 39.7 Å². The maximum absolute atomic E-state index is 9.82. The lowest BCUT2D eigenvalue weighted by atomic mass is 9.88. The van der Waals surface area contributed by atoms with Gasteiger partial charge in [0.05, 0.1) is 6.10 Å². The zero-order valence-corrected chi connectivity index (χ0v) is 7.67. The van der Waals surface area contributed by atoms with Crippen molar-refractivity contribution >= 4 is 0 Å². The van der Waals surface area contributed by atoms with E-state index >= 15 is 0 Å². The molecule has 2 rings (SSSR count). The van der Waals surface area contributed by atoms with Gasteiger partial charge in [-0.1, -0.05) is 20.8 Å². The van der Waals surface area contributed by atoms with Crippen LogP contribution in [-0.2, 0) is 0 Å². The van der Waals surface area contributed by atoms with Crippen LogP contribution in [0.15, 0.2) is 0 Å². The number of hydrogen-bond acceptors (Lipinski definition) is 1. The molecule has 11 heavy (non-hydrogen) atoms. The van der Waals surface area contributed by atoms with Gasteiger partial charge in [0.15, 0.2) is 0 Å². The summed E-state index contributed by atoms with van der Waals surface area (Å²) in [5, 5.41) is 9.82. The lowest BCUT2D eigenvalue weighted by Gasteiger charge is -2.23. The van der Waals surface area contributed by atoms with E-state index < -0.39 is 0 Å². The Morgan fingerprint density at radius 3 is 2.45 bits per heavy atom. The summed E-state index contributed by atoms with van der Waals surface area (Å²) in [5.74, 6) is 1.98. The van der Waals surface area contributed by atoms with Gasteiger partial charge in [-0.3, -0.25) is 0 Å². The van der Waals surface area contributed by atoms with Gasteiger partial charge in [0.2, 0.25) is 0 Å². The van der Waals surface area contributed by atoms with Crippen LogP contribution in [0.3, 0.4) is 0 Å². The molecule has 1 nitrogen and oxygen atoms in total. The predicted molar refractivity (Wildman–Crippen MR) is 45.2 cm³/mol. The maximum Gasteiger partial charge on any atom is 0.0601 e. The molecule has 1 heteroatoms. The molecule has 0 radical (unpaired) electrons. The molecule has 0 aromatic carbocycles. The van der Waals surface area contributed by atoms with E-state index in [1.165, 1.54) is 12.8 Å². The van der Waals surface area contributed by atoms with Gasteiger partial charge in [0.1, 0.15) is 0 Å². The summed E-state index contributed by atoms with van der Waals surface area (Å²) in [6.45, 7) is 6.77. The van der Waals surface area contributed by atoms with Gasteiger partial charge in [-0.05, 0) is 36.0 Å². The molecule has 0 spiro atoms. The highest BCUT2D eigenvalue weighted by Crippen LogP contribution is 2.65. The van der Waals surface area contributed by atoms with Gasteiger partial charge in [-0.25, -0.2) is 0 Å². The Kier molecular flexibility index (Phi) is 1.39. The van der Waals surface area contributed by atoms with E-state index in [1.807, 2.05) is 0 Å². The Morgan fingerprint density at radius 2 is 1.91 bits per heavy atom. The second-order valence-corrected chi connectivity index (χ2v) is 5.00. The fraction of sp³-hybridized carbons (Fsp3) is 1.00. The molecule has 0 amide bonds. The largest absolute Gasteiger partial charge is 0.393 e. The normalized spacial score (nSPS) is 53.5.